The molecule has 0 aliphatic heterocycles. The topological polar surface area (TPSA) is 86.2 Å². The Morgan fingerprint density at radius 3 is 2.27 bits per heavy atom. The highest BCUT2D eigenvalue weighted by Crippen LogP contribution is 2.25. The minimum Gasteiger partial charge on any atom is -0.385 e. The third kappa shape index (κ3) is 3.02. The highest BCUT2D eigenvalue weighted by atomic mass is 35.5. The Kier molecular flexibility index (Phi) is 3.49. The van der Waals surface area contributed by atoms with Crippen LogP contribution < -0.4 is 11.5 Å². The summed E-state index contributed by atoms with van der Waals surface area (Å²) in [5.41, 5.74) is 10.2. The molecule has 1 aromatic carbocycles. The lowest BCUT2D eigenvalue weighted by molar-refractivity contribution is 0.604. The molecule has 0 bridgehead atoms. The highest BCUT2D eigenvalue weighted by Gasteiger charge is 2.13. The molecule has 1 aromatic rings. The van der Waals surface area contributed by atoms with Crippen molar-refractivity contribution in [3.05, 3.63) is 39.5 Å². The molecule has 0 unspecified atom stereocenters. The van der Waals surface area contributed by atoms with Crippen molar-refractivity contribution in [2.24, 2.45) is 11.5 Å². The van der Waals surface area contributed by atoms with Crippen LogP contribution >= 0.6 is 23.2 Å². The molecule has 0 amide bonds. The number of halogens is 2. The molecule has 15 heavy (non-hydrogen) atoms. The first-order valence-corrected chi connectivity index (χ1v) is 6.06. The zero-order valence-corrected chi connectivity index (χ0v) is 9.77. The fourth-order valence-corrected chi connectivity index (χ4v) is 2.30. The molecular weight excluding hydrogens is 259 g/mol. The SMILES string of the molecule is NC(N)=CS(=O)(=O)c1ccc(Cl)c(Cl)c1. The predicted octanol–water partition coefficient (Wildman–Crippen LogP) is 1.48. The summed E-state index contributed by atoms with van der Waals surface area (Å²) in [6, 6.07) is 3.94. The fraction of sp³-hybridized carbons (Fsp3) is 0. The van der Waals surface area contributed by atoms with Gasteiger partial charge in [0.25, 0.3) is 0 Å². The van der Waals surface area contributed by atoms with Crippen molar-refractivity contribution in [3.8, 4) is 0 Å². The van der Waals surface area contributed by atoms with E-state index in [1.165, 1.54) is 18.2 Å². The molecule has 0 heterocycles. The standard InChI is InChI=1S/C8H8Cl2N2O2S/c9-6-2-1-5(3-7(6)10)15(13,14)4-8(11)12/h1-4H,11-12H2. The lowest BCUT2D eigenvalue weighted by atomic mass is 10.4. The molecule has 0 saturated carbocycles. The summed E-state index contributed by atoms with van der Waals surface area (Å²) >= 11 is 11.3. The van der Waals surface area contributed by atoms with Gasteiger partial charge in [-0.25, -0.2) is 8.42 Å². The molecule has 0 atom stereocenters. The van der Waals surface area contributed by atoms with E-state index in [0.29, 0.717) is 0 Å². The van der Waals surface area contributed by atoms with E-state index in [1.807, 2.05) is 0 Å². The van der Waals surface area contributed by atoms with Crippen LogP contribution in [0.15, 0.2) is 34.3 Å². The maximum atomic E-state index is 11.6. The van der Waals surface area contributed by atoms with Gasteiger partial charge in [0, 0.05) is 0 Å². The van der Waals surface area contributed by atoms with Gasteiger partial charge in [-0.15, -0.1) is 0 Å². The minimum atomic E-state index is -3.65. The van der Waals surface area contributed by atoms with Crippen LogP contribution in [0, 0.1) is 0 Å². The molecule has 1 rings (SSSR count). The summed E-state index contributed by atoms with van der Waals surface area (Å²) < 4.78 is 23.1. The Morgan fingerprint density at radius 2 is 1.80 bits per heavy atom. The van der Waals surface area contributed by atoms with E-state index in [2.05, 4.69) is 0 Å². The van der Waals surface area contributed by atoms with Crippen LogP contribution in [-0.4, -0.2) is 8.42 Å². The van der Waals surface area contributed by atoms with Gasteiger partial charge in [-0.2, -0.15) is 0 Å². The van der Waals surface area contributed by atoms with Crippen molar-refractivity contribution in [3.63, 3.8) is 0 Å². The van der Waals surface area contributed by atoms with E-state index in [1.54, 1.807) is 0 Å². The molecule has 0 saturated heterocycles. The normalized spacial score (nSPS) is 11.1. The lowest BCUT2D eigenvalue weighted by Gasteiger charge is -2.01. The second-order valence-corrected chi connectivity index (χ2v) is 5.35. The van der Waals surface area contributed by atoms with Gasteiger partial charge in [0.1, 0.15) is 5.82 Å². The Labute approximate surface area is 97.4 Å². The summed E-state index contributed by atoms with van der Waals surface area (Å²) in [6.07, 6.45) is 0. The zero-order valence-electron chi connectivity index (χ0n) is 7.44. The van der Waals surface area contributed by atoms with E-state index in [9.17, 15) is 8.42 Å². The number of benzene rings is 1. The van der Waals surface area contributed by atoms with E-state index in [-0.39, 0.29) is 20.8 Å². The summed E-state index contributed by atoms with van der Waals surface area (Å²) in [6.45, 7) is 0. The van der Waals surface area contributed by atoms with Crippen molar-refractivity contribution < 1.29 is 8.42 Å². The van der Waals surface area contributed by atoms with Crippen LogP contribution in [0.3, 0.4) is 0 Å². The average molecular weight is 267 g/mol. The number of hydrogen-bond donors (Lipinski definition) is 2. The Morgan fingerprint density at radius 1 is 1.20 bits per heavy atom. The lowest BCUT2D eigenvalue weighted by Crippen LogP contribution is -2.11. The maximum absolute atomic E-state index is 11.6. The van der Waals surface area contributed by atoms with E-state index >= 15 is 0 Å². The van der Waals surface area contributed by atoms with Crippen LogP contribution in [0.25, 0.3) is 0 Å². The van der Waals surface area contributed by atoms with Gasteiger partial charge in [-0.05, 0) is 18.2 Å². The number of hydrogen-bond acceptors (Lipinski definition) is 4. The summed E-state index contributed by atoms with van der Waals surface area (Å²) in [5.74, 6) is -0.291. The van der Waals surface area contributed by atoms with Gasteiger partial charge in [0.2, 0.25) is 9.84 Å². The number of sulfone groups is 1. The van der Waals surface area contributed by atoms with Crippen LogP contribution in [0.5, 0.6) is 0 Å². The van der Waals surface area contributed by atoms with Crippen LogP contribution in [0.1, 0.15) is 0 Å². The van der Waals surface area contributed by atoms with Crippen LogP contribution in [0.2, 0.25) is 10.0 Å². The van der Waals surface area contributed by atoms with Crippen molar-refractivity contribution in [1.29, 1.82) is 0 Å². The fourth-order valence-electron chi connectivity index (χ4n) is 0.901. The van der Waals surface area contributed by atoms with Gasteiger partial charge in [-0.3, -0.25) is 0 Å². The Bertz CT molecular complexity index is 507. The van der Waals surface area contributed by atoms with Crippen molar-refractivity contribution in [1.82, 2.24) is 0 Å². The first-order chi connectivity index (χ1) is 6.83. The monoisotopic (exact) mass is 266 g/mol. The molecule has 82 valence electrons. The molecule has 0 radical (unpaired) electrons. The smallest absolute Gasteiger partial charge is 0.203 e. The first-order valence-electron chi connectivity index (χ1n) is 3.76. The predicted molar refractivity (Wildman–Crippen MR) is 60.1 cm³/mol. The van der Waals surface area contributed by atoms with Gasteiger partial charge >= 0.3 is 0 Å². The summed E-state index contributed by atoms with van der Waals surface area (Å²) in [5, 5.41) is 1.19. The highest BCUT2D eigenvalue weighted by molar-refractivity contribution is 7.94. The van der Waals surface area contributed by atoms with Crippen molar-refractivity contribution >= 4 is 33.0 Å². The maximum Gasteiger partial charge on any atom is 0.203 e. The first kappa shape index (κ1) is 12.2. The molecule has 0 aromatic heterocycles. The minimum absolute atomic E-state index is 0.00898. The molecular formula is C8H8Cl2N2O2S. The third-order valence-electron chi connectivity index (χ3n) is 1.51. The summed E-state index contributed by atoms with van der Waals surface area (Å²) in [4.78, 5) is -0.00898. The third-order valence-corrected chi connectivity index (χ3v) is 3.74. The Balaban J connectivity index is 3.29. The van der Waals surface area contributed by atoms with Crippen LogP contribution in [0.4, 0.5) is 0 Å². The largest absolute Gasteiger partial charge is 0.385 e. The quantitative estimate of drug-likeness (QED) is 0.849. The van der Waals surface area contributed by atoms with E-state index in [4.69, 9.17) is 34.7 Å². The zero-order chi connectivity index (χ0) is 11.6. The molecule has 4 N–H and O–H groups in total. The molecule has 0 fully saturated rings. The molecule has 4 nitrogen and oxygen atoms in total. The van der Waals surface area contributed by atoms with Gasteiger partial charge in [0.15, 0.2) is 0 Å². The van der Waals surface area contributed by atoms with Crippen LogP contribution in [-0.2, 0) is 9.84 Å². The van der Waals surface area contributed by atoms with Crippen molar-refractivity contribution in [2.75, 3.05) is 0 Å². The molecule has 0 aliphatic carbocycles. The van der Waals surface area contributed by atoms with Crippen molar-refractivity contribution in [2.45, 2.75) is 4.90 Å². The molecule has 7 heteroatoms. The van der Waals surface area contributed by atoms with Gasteiger partial charge < -0.3 is 11.5 Å². The van der Waals surface area contributed by atoms with Gasteiger partial charge in [0.05, 0.1) is 20.3 Å². The van der Waals surface area contributed by atoms with E-state index < -0.39 is 9.84 Å². The number of nitrogens with two attached hydrogens (primary N) is 2. The second-order valence-electron chi connectivity index (χ2n) is 2.74. The number of rotatable bonds is 2. The second kappa shape index (κ2) is 4.30. The van der Waals surface area contributed by atoms with Gasteiger partial charge in [-0.1, -0.05) is 23.2 Å². The average Bonchev–Trinajstić information content (AvgIpc) is 2.07. The summed E-state index contributed by atoms with van der Waals surface area (Å²) in [7, 11) is -3.65. The molecule has 0 spiro atoms. The van der Waals surface area contributed by atoms with E-state index in [0.717, 1.165) is 5.41 Å². The Hall–Kier alpha value is -0.910. The molecule has 0 aliphatic rings.